The molecule has 0 aliphatic rings. The van der Waals surface area contributed by atoms with Crippen molar-refractivity contribution in [2.75, 3.05) is 0 Å². The highest BCUT2D eigenvalue weighted by atomic mass is 31.1. The molecule has 1 atom stereocenters. The topological polar surface area (TPSA) is 97.7 Å². The second kappa shape index (κ2) is 5.99. The van der Waals surface area contributed by atoms with Crippen LogP contribution in [0.5, 0.6) is 0 Å². The van der Waals surface area contributed by atoms with E-state index in [1.165, 1.54) is 6.92 Å². The lowest BCUT2D eigenvalue weighted by Crippen LogP contribution is -2.19. The minimum absolute atomic E-state index is 0.578. The lowest BCUT2D eigenvalue weighted by Gasteiger charge is -2.05. The van der Waals surface area contributed by atoms with Crippen LogP contribution in [0, 0.1) is 0 Å². The first-order valence-electron chi connectivity index (χ1n) is 3.46. The maximum atomic E-state index is 10.7. The SMILES string of the molecule is C[C@H](OC(=O)/C=C/C(=O)O)C(=O)P=O. The van der Waals surface area contributed by atoms with Crippen molar-refractivity contribution in [3.63, 3.8) is 0 Å². The Kier molecular flexibility index (Phi) is 5.33. The van der Waals surface area contributed by atoms with Crippen LogP contribution in [0.2, 0.25) is 0 Å². The molecule has 0 bridgehead atoms. The van der Waals surface area contributed by atoms with E-state index in [1.54, 1.807) is 0 Å². The summed E-state index contributed by atoms with van der Waals surface area (Å²) in [4.78, 5) is 31.4. The van der Waals surface area contributed by atoms with Crippen LogP contribution in [0.3, 0.4) is 0 Å². The Hall–Kier alpha value is -1.55. The zero-order valence-electron chi connectivity index (χ0n) is 7.17. The molecule has 6 nitrogen and oxygen atoms in total. The Morgan fingerprint density at radius 3 is 2.36 bits per heavy atom. The van der Waals surface area contributed by atoms with E-state index in [4.69, 9.17) is 5.11 Å². The fraction of sp³-hybridized carbons (Fsp3) is 0.286. The molecule has 0 radical (unpaired) electrons. The van der Waals surface area contributed by atoms with Crippen molar-refractivity contribution in [3.05, 3.63) is 12.2 Å². The highest BCUT2D eigenvalue weighted by Crippen LogP contribution is 2.04. The van der Waals surface area contributed by atoms with Gasteiger partial charge in [0.25, 0.3) is 5.52 Å². The second-order valence-corrected chi connectivity index (χ2v) is 2.80. The molecule has 0 rings (SSSR count). The number of ether oxygens (including phenoxy) is 1. The smallest absolute Gasteiger partial charge is 0.331 e. The largest absolute Gasteiger partial charge is 0.478 e. The van der Waals surface area contributed by atoms with E-state index >= 15 is 0 Å². The Labute approximate surface area is 80.8 Å². The summed E-state index contributed by atoms with van der Waals surface area (Å²) in [5.41, 5.74) is -0.790. The number of aliphatic carboxylic acids is 1. The van der Waals surface area contributed by atoms with Crippen LogP contribution < -0.4 is 0 Å². The molecule has 1 N–H and O–H groups in total. The van der Waals surface area contributed by atoms with Gasteiger partial charge in [0.1, 0.15) is 0 Å². The molecule has 0 aliphatic heterocycles. The zero-order chi connectivity index (χ0) is 11.1. The summed E-state index contributed by atoms with van der Waals surface area (Å²) in [5, 5.41) is 8.14. The van der Waals surface area contributed by atoms with Gasteiger partial charge in [-0.15, -0.1) is 0 Å². The summed E-state index contributed by atoms with van der Waals surface area (Å²) in [7, 11) is -0.752. The summed E-state index contributed by atoms with van der Waals surface area (Å²) in [6.07, 6.45) is 0.0857. The fourth-order valence-corrected chi connectivity index (χ4v) is 0.679. The molecule has 0 aromatic heterocycles. The van der Waals surface area contributed by atoms with Gasteiger partial charge in [0.05, 0.1) is 0 Å². The number of carboxylic acid groups (broad SMARTS) is 1. The maximum Gasteiger partial charge on any atom is 0.331 e. The van der Waals surface area contributed by atoms with E-state index in [9.17, 15) is 18.9 Å². The Balaban J connectivity index is 4.13. The summed E-state index contributed by atoms with van der Waals surface area (Å²) in [6, 6.07) is 0. The second-order valence-electron chi connectivity index (χ2n) is 2.18. The minimum Gasteiger partial charge on any atom is -0.478 e. The van der Waals surface area contributed by atoms with Gasteiger partial charge in [0, 0.05) is 12.2 Å². The van der Waals surface area contributed by atoms with Crippen LogP contribution in [-0.4, -0.2) is 28.7 Å². The number of rotatable bonds is 5. The summed E-state index contributed by atoms with van der Waals surface area (Å²) in [5.74, 6) is -2.28. The van der Waals surface area contributed by atoms with E-state index < -0.39 is 32.0 Å². The summed E-state index contributed by atoms with van der Waals surface area (Å²) in [6.45, 7) is 1.24. The number of hydrogen-bond donors (Lipinski definition) is 1. The highest BCUT2D eigenvalue weighted by Gasteiger charge is 2.16. The van der Waals surface area contributed by atoms with Gasteiger partial charge in [-0.3, -0.25) is 9.36 Å². The van der Waals surface area contributed by atoms with Gasteiger partial charge in [0.15, 0.2) is 6.10 Å². The molecule has 0 aromatic carbocycles. The average molecular weight is 218 g/mol. The highest BCUT2D eigenvalue weighted by molar-refractivity contribution is 7.46. The van der Waals surface area contributed by atoms with Gasteiger partial charge in [-0.25, -0.2) is 9.59 Å². The minimum atomic E-state index is -1.30. The predicted molar refractivity (Wildman–Crippen MR) is 44.9 cm³/mol. The number of carbonyl (C=O) groups excluding carboxylic acids is 2. The van der Waals surface area contributed by atoms with Crippen molar-refractivity contribution in [3.8, 4) is 0 Å². The Morgan fingerprint density at radius 2 is 1.93 bits per heavy atom. The van der Waals surface area contributed by atoms with E-state index in [-0.39, 0.29) is 0 Å². The average Bonchev–Trinajstić information content (AvgIpc) is 2.13. The molecule has 0 spiro atoms. The van der Waals surface area contributed by atoms with Crippen molar-refractivity contribution in [2.24, 2.45) is 0 Å². The first-order valence-corrected chi connectivity index (χ1v) is 4.27. The first-order chi connectivity index (χ1) is 6.47. The molecule has 0 unspecified atom stereocenters. The molecule has 0 heterocycles. The van der Waals surface area contributed by atoms with Crippen LogP contribution in [0.1, 0.15) is 6.92 Å². The van der Waals surface area contributed by atoms with E-state index in [0.29, 0.717) is 12.2 Å². The van der Waals surface area contributed by atoms with Crippen LogP contribution in [0.4, 0.5) is 0 Å². The fourth-order valence-electron chi connectivity index (χ4n) is 0.477. The third kappa shape index (κ3) is 5.16. The molecule has 7 heteroatoms. The van der Waals surface area contributed by atoms with Crippen LogP contribution in [0.15, 0.2) is 12.2 Å². The molecule has 76 valence electrons. The standard InChI is InChI=1S/C7H7O6P/c1-4(7(11)14-12)13-6(10)3-2-5(8)9/h2-4H,1H3,(H,8,9)/b3-2+/t4-/m0/s1. The van der Waals surface area contributed by atoms with Gasteiger partial charge in [-0.05, 0) is 6.92 Å². The maximum absolute atomic E-state index is 10.7. The number of hydrogen-bond acceptors (Lipinski definition) is 5. The zero-order valence-corrected chi connectivity index (χ0v) is 8.06. The number of esters is 1. The molecule has 0 saturated heterocycles. The number of carboxylic acids is 1. The van der Waals surface area contributed by atoms with Crippen molar-refractivity contribution in [2.45, 2.75) is 13.0 Å². The van der Waals surface area contributed by atoms with Gasteiger partial charge in [-0.2, -0.15) is 0 Å². The molecular weight excluding hydrogens is 211 g/mol. The van der Waals surface area contributed by atoms with Crippen molar-refractivity contribution >= 4 is 25.9 Å². The van der Waals surface area contributed by atoms with E-state index in [1.807, 2.05) is 0 Å². The van der Waals surface area contributed by atoms with Crippen molar-refractivity contribution in [1.29, 1.82) is 0 Å². The van der Waals surface area contributed by atoms with Crippen LogP contribution in [0.25, 0.3) is 0 Å². The van der Waals surface area contributed by atoms with Crippen LogP contribution >= 0.6 is 8.46 Å². The summed E-state index contributed by atoms with van der Waals surface area (Å²) < 4.78 is 14.4. The number of carbonyl (C=O) groups is 3. The van der Waals surface area contributed by atoms with Crippen molar-refractivity contribution < 1.29 is 28.8 Å². The Morgan fingerprint density at radius 1 is 1.36 bits per heavy atom. The normalized spacial score (nSPS) is 12.6. The molecular formula is C7H7O6P. The molecule has 0 aromatic rings. The molecule has 0 fully saturated rings. The van der Waals surface area contributed by atoms with Crippen molar-refractivity contribution in [1.82, 2.24) is 0 Å². The monoisotopic (exact) mass is 218 g/mol. The third-order valence-electron chi connectivity index (χ3n) is 1.09. The lowest BCUT2D eigenvalue weighted by molar-refractivity contribution is -0.146. The molecule has 14 heavy (non-hydrogen) atoms. The third-order valence-corrected chi connectivity index (χ3v) is 1.64. The van der Waals surface area contributed by atoms with Gasteiger partial charge in [0.2, 0.25) is 8.46 Å². The molecule has 0 amide bonds. The van der Waals surface area contributed by atoms with Gasteiger partial charge < -0.3 is 9.84 Å². The quantitative estimate of drug-likeness (QED) is 0.407. The molecule has 0 saturated carbocycles. The first kappa shape index (κ1) is 12.4. The lowest BCUT2D eigenvalue weighted by atomic mass is 10.4. The van der Waals surface area contributed by atoms with Gasteiger partial charge >= 0.3 is 11.9 Å². The van der Waals surface area contributed by atoms with E-state index in [0.717, 1.165) is 0 Å². The predicted octanol–water partition coefficient (Wildman–Crippen LogP) is 0.377. The van der Waals surface area contributed by atoms with Crippen LogP contribution in [-0.2, 0) is 23.7 Å². The summed E-state index contributed by atoms with van der Waals surface area (Å²) >= 11 is 0. The Bertz CT molecular complexity index is 295. The molecule has 0 aliphatic carbocycles. The van der Waals surface area contributed by atoms with E-state index in [2.05, 4.69) is 4.74 Å². The van der Waals surface area contributed by atoms with Gasteiger partial charge in [-0.1, -0.05) is 0 Å².